The van der Waals surface area contributed by atoms with E-state index in [0.29, 0.717) is 5.56 Å². The second-order valence-electron chi connectivity index (χ2n) is 5.98. The average molecular weight is 363 g/mol. The highest BCUT2D eigenvalue weighted by Gasteiger charge is 2.32. The number of nitrogens with one attached hydrogen (secondary N) is 1. The van der Waals surface area contributed by atoms with E-state index in [2.05, 4.69) is 9.46 Å². The fourth-order valence-electron chi connectivity index (χ4n) is 1.88. The lowest BCUT2D eigenvalue weighted by atomic mass is 10.0. The Kier molecular flexibility index (Phi) is 7.92. The highest BCUT2D eigenvalue weighted by atomic mass is 32.2. The molecule has 24 heavy (non-hydrogen) atoms. The average Bonchev–Trinajstić information content (AvgIpc) is 2.45. The molecule has 8 heteroatoms. The summed E-state index contributed by atoms with van der Waals surface area (Å²) in [5, 5.41) is 0. The molecule has 1 aromatic rings. The lowest BCUT2D eigenvalue weighted by molar-refractivity contribution is -0.143. The standard InChI is InChI=1S/C16H23F2NO4S/c1-5-22-14(20)10-12(19-24(21)16(2,3)4)11-8-6-7-9-13(11)23-15(17)18/h6-9,12,15,19H,5,10H2,1-4H3/t12-,24?/m1/s1. The maximum Gasteiger partial charge on any atom is 0.387 e. The molecule has 0 saturated carbocycles. The van der Waals surface area contributed by atoms with Gasteiger partial charge in [0, 0.05) is 16.9 Å². The number of para-hydroxylation sites is 1. The van der Waals surface area contributed by atoms with E-state index in [4.69, 9.17) is 4.74 Å². The molecule has 0 amide bonds. The molecule has 0 bridgehead atoms. The van der Waals surface area contributed by atoms with Crippen molar-refractivity contribution in [2.45, 2.75) is 51.5 Å². The molecule has 1 aromatic carbocycles. The minimum atomic E-state index is -3.00. The molecule has 0 spiro atoms. The fraction of sp³-hybridized carbons (Fsp3) is 0.562. The SMILES string of the molecule is CCOC(=O)C[C@@H](N[S+]([O-])C(C)(C)C)c1ccccc1OC(F)F. The molecule has 0 aliphatic rings. The Hall–Kier alpha value is -1.38. The van der Waals surface area contributed by atoms with E-state index < -0.39 is 34.7 Å². The number of hydrogen-bond donors (Lipinski definition) is 1. The Morgan fingerprint density at radius 1 is 1.33 bits per heavy atom. The first-order valence-electron chi connectivity index (χ1n) is 7.52. The van der Waals surface area contributed by atoms with Gasteiger partial charge in [-0.25, -0.2) is 0 Å². The van der Waals surface area contributed by atoms with Crippen LogP contribution in [0.4, 0.5) is 8.78 Å². The molecule has 2 atom stereocenters. The van der Waals surface area contributed by atoms with Crippen LogP contribution in [-0.4, -0.2) is 28.5 Å². The lowest BCUT2D eigenvalue weighted by Crippen LogP contribution is -2.42. The summed E-state index contributed by atoms with van der Waals surface area (Å²) in [5.74, 6) is -0.590. The number of carbonyl (C=O) groups is 1. The van der Waals surface area contributed by atoms with Crippen molar-refractivity contribution < 1.29 is 27.6 Å². The van der Waals surface area contributed by atoms with Crippen molar-refractivity contribution in [1.82, 2.24) is 4.72 Å². The van der Waals surface area contributed by atoms with Gasteiger partial charge in [0.1, 0.15) is 10.5 Å². The summed E-state index contributed by atoms with van der Waals surface area (Å²) >= 11 is -1.51. The summed E-state index contributed by atoms with van der Waals surface area (Å²) in [5.41, 5.74) is 0.323. The van der Waals surface area contributed by atoms with Crippen LogP contribution in [0.3, 0.4) is 0 Å². The van der Waals surface area contributed by atoms with Gasteiger partial charge in [0.25, 0.3) is 0 Å². The van der Waals surface area contributed by atoms with Crippen LogP contribution in [0.25, 0.3) is 0 Å². The molecule has 136 valence electrons. The van der Waals surface area contributed by atoms with Gasteiger partial charge in [-0.3, -0.25) is 4.79 Å². The van der Waals surface area contributed by atoms with Crippen LogP contribution < -0.4 is 9.46 Å². The topological polar surface area (TPSA) is 70.6 Å². The van der Waals surface area contributed by atoms with E-state index in [0.717, 1.165) is 0 Å². The summed E-state index contributed by atoms with van der Waals surface area (Å²) in [7, 11) is 0. The lowest BCUT2D eigenvalue weighted by Gasteiger charge is -2.28. The fourth-order valence-corrected chi connectivity index (χ4v) is 2.70. The molecule has 0 fully saturated rings. The molecule has 1 unspecified atom stereocenters. The molecule has 0 saturated heterocycles. The molecule has 0 aromatic heterocycles. The maximum atomic E-state index is 12.6. The first kappa shape index (κ1) is 20.7. The van der Waals surface area contributed by atoms with E-state index in [1.807, 2.05) is 0 Å². The summed E-state index contributed by atoms with van der Waals surface area (Å²) < 4.78 is 49.2. The smallest absolute Gasteiger partial charge is 0.387 e. The summed E-state index contributed by atoms with van der Waals surface area (Å²) in [6.07, 6.45) is -0.154. The highest BCUT2D eigenvalue weighted by molar-refractivity contribution is 7.90. The molecule has 0 aliphatic heterocycles. The van der Waals surface area contributed by atoms with E-state index in [1.165, 1.54) is 6.07 Å². The molecule has 5 nitrogen and oxygen atoms in total. The third-order valence-electron chi connectivity index (χ3n) is 2.99. The second-order valence-corrected chi connectivity index (χ2v) is 7.97. The number of rotatable bonds is 8. The molecule has 0 heterocycles. The van der Waals surface area contributed by atoms with Crippen LogP contribution >= 0.6 is 0 Å². The molecular weight excluding hydrogens is 340 g/mol. The van der Waals surface area contributed by atoms with E-state index in [-0.39, 0.29) is 18.8 Å². The van der Waals surface area contributed by atoms with E-state index >= 15 is 0 Å². The number of benzene rings is 1. The normalized spacial score (nSPS) is 14.3. The van der Waals surface area contributed by atoms with Crippen molar-refractivity contribution in [3.63, 3.8) is 0 Å². The van der Waals surface area contributed by atoms with Gasteiger partial charge < -0.3 is 14.0 Å². The molecule has 0 aliphatic carbocycles. The van der Waals surface area contributed by atoms with Gasteiger partial charge in [-0.1, -0.05) is 18.2 Å². The minimum absolute atomic E-state index is 0.0693. The van der Waals surface area contributed by atoms with Crippen molar-refractivity contribution in [3.05, 3.63) is 29.8 Å². The van der Waals surface area contributed by atoms with Crippen LogP contribution in [0.5, 0.6) is 5.75 Å². The third kappa shape index (κ3) is 6.62. The number of esters is 1. The van der Waals surface area contributed by atoms with Crippen LogP contribution in [0, 0.1) is 0 Å². The van der Waals surface area contributed by atoms with E-state index in [9.17, 15) is 18.1 Å². The summed E-state index contributed by atoms with van der Waals surface area (Å²) in [4.78, 5) is 11.8. The van der Waals surface area contributed by atoms with Crippen LogP contribution in [0.15, 0.2) is 24.3 Å². The van der Waals surface area contributed by atoms with Gasteiger partial charge in [-0.2, -0.15) is 8.78 Å². The first-order chi connectivity index (χ1) is 11.1. The highest BCUT2D eigenvalue weighted by Crippen LogP contribution is 2.30. The van der Waals surface area contributed by atoms with Crippen molar-refractivity contribution >= 4 is 17.3 Å². The monoisotopic (exact) mass is 363 g/mol. The first-order valence-corrected chi connectivity index (χ1v) is 8.67. The van der Waals surface area contributed by atoms with Crippen molar-refractivity contribution in [2.75, 3.05) is 6.61 Å². The Morgan fingerprint density at radius 3 is 2.50 bits per heavy atom. The zero-order valence-corrected chi connectivity index (χ0v) is 15.0. The maximum absolute atomic E-state index is 12.6. The number of carbonyl (C=O) groups excluding carboxylic acids is 1. The predicted molar refractivity (Wildman–Crippen MR) is 88.1 cm³/mol. The summed E-state index contributed by atoms with van der Waals surface area (Å²) in [6, 6.07) is 5.33. The van der Waals surface area contributed by atoms with Crippen LogP contribution in [0.2, 0.25) is 0 Å². The van der Waals surface area contributed by atoms with Crippen molar-refractivity contribution in [3.8, 4) is 5.75 Å². The zero-order chi connectivity index (χ0) is 18.3. The van der Waals surface area contributed by atoms with Gasteiger partial charge in [0.2, 0.25) is 0 Å². The largest absolute Gasteiger partial charge is 0.598 e. The molecule has 1 rings (SSSR count). The van der Waals surface area contributed by atoms with Crippen molar-refractivity contribution in [2.24, 2.45) is 0 Å². The number of ether oxygens (including phenoxy) is 2. The Balaban J connectivity index is 3.10. The van der Waals surface area contributed by atoms with E-state index in [1.54, 1.807) is 45.9 Å². The Bertz CT molecular complexity index is 537. The van der Waals surface area contributed by atoms with Gasteiger partial charge in [-0.05, 0) is 33.8 Å². The van der Waals surface area contributed by atoms with Crippen molar-refractivity contribution in [1.29, 1.82) is 0 Å². The van der Waals surface area contributed by atoms with Crippen LogP contribution in [0.1, 0.15) is 45.7 Å². The van der Waals surface area contributed by atoms with Gasteiger partial charge >= 0.3 is 12.6 Å². The van der Waals surface area contributed by atoms with Gasteiger partial charge in [0.15, 0.2) is 0 Å². The Morgan fingerprint density at radius 2 is 1.96 bits per heavy atom. The second kappa shape index (κ2) is 9.19. The van der Waals surface area contributed by atoms with Gasteiger partial charge in [0.05, 0.1) is 19.1 Å². The minimum Gasteiger partial charge on any atom is -0.598 e. The number of halogens is 2. The zero-order valence-electron chi connectivity index (χ0n) is 14.2. The molecular formula is C16H23F2NO4S. The Labute approximate surface area is 144 Å². The van der Waals surface area contributed by atoms with Crippen LogP contribution in [-0.2, 0) is 20.9 Å². The number of alkyl halides is 2. The summed E-state index contributed by atoms with van der Waals surface area (Å²) in [6.45, 7) is 4.16. The molecule has 0 radical (unpaired) electrons. The number of hydrogen-bond acceptors (Lipinski definition) is 5. The predicted octanol–water partition coefficient (Wildman–Crippen LogP) is 3.33. The third-order valence-corrected chi connectivity index (χ3v) is 4.60. The van der Waals surface area contributed by atoms with Gasteiger partial charge in [-0.15, -0.1) is 4.72 Å². The molecule has 1 N–H and O–H groups in total. The quantitative estimate of drug-likeness (QED) is 0.567.